The average Bonchev–Trinajstić information content (AvgIpc) is 3.27. The molecule has 2 aromatic rings. The molecule has 0 saturated carbocycles. The highest BCUT2D eigenvalue weighted by Gasteiger charge is 2.46. The van der Waals surface area contributed by atoms with E-state index in [0.29, 0.717) is 18.7 Å². The van der Waals surface area contributed by atoms with Gasteiger partial charge in [0, 0.05) is 44.9 Å². The van der Waals surface area contributed by atoms with Gasteiger partial charge in [0.25, 0.3) is 11.7 Å². The first kappa shape index (κ1) is 22.9. The third kappa shape index (κ3) is 4.33. The Morgan fingerprint density at radius 2 is 1.79 bits per heavy atom. The Morgan fingerprint density at radius 1 is 1.09 bits per heavy atom. The Labute approximate surface area is 194 Å². The van der Waals surface area contributed by atoms with Crippen LogP contribution in [-0.2, 0) is 16.0 Å². The number of hydrogen-bond acceptors (Lipinski definition) is 6. The van der Waals surface area contributed by atoms with Gasteiger partial charge in [-0.25, -0.2) is 0 Å². The second kappa shape index (κ2) is 8.90. The quantitative estimate of drug-likeness (QED) is 0.415. The van der Waals surface area contributed by atoms with Gasteiger partial charge >= 0.3 is 0 Å². The van der Waals surface area contributed by atoms with Crippen molar-refractivity contribution in [3.05, 3.63) is 64.7 Å². The van der Waals surface area contributed by atoms with Gasteiger partial charge in [0.15, 0.2) is 0 Å². The van der Waals surface area contributed by atoms with E-state index in [-0.39, 0.29) is 17.4 Å². The molecule has 1 saturated heterocycles. The summed E-state index contributed by atoms with van der Waals surface area (Å²) in [5.41, 5.74) is 3.44. The number of ketones is 1. The third-order valence-electron chi connectivity index (χ3n) is 6.22. The number of ether oxygens (including phenoxy) is 1. The fourth-order valence-electron chi connectivity index (χ4n) is 4.44. The Kier molecular flexibility index (Phi) is 6.17. The molecule has 2 heterocycles. The Hall–Kier alpha value is -3.32. The minimum Gasteiger partial charge on any atom is -0.507 e. The van der Waals surface area contributed by atoms with Crippen molar-refractivity contribution in [2.24, 2.45) is 0 Å². The van der Waals surface area contributed by atoms with Gasteiger partial charge in [-0.3, -0.25) is 9.59 Å². The van der Waals surface area contributed by atoms with Crippen LogP contribution < -0.4 is 9.64 Å². The number of aliphatic hydroxyl groups is 1. The van der Waals surface area contributed by atoms with Gasteiger partial charge in [-0.05, 0) is 62.5 Å². The molecule has 1 amide bonds. The predicted molar refractivity (Wildman–Crippen MR) is 129 cm³/mol. The summed E-state index contributed by atoms with van der Waals surface area (Å²) < 4.78 is 5.76. The van der Waals surface area contributed by atoms with E-state index in [4.69, 9.17) is 4.74 Å². The first-order valence-electron chi connectivity index (χ1n) is 11.2. The maximum Gasteiger partial charge on any atom is 0.295 e. The molecule has 7 nitrogen and oxygen atoms in total. The van der Waals surface area contributed by atoms with Crippen LogP contribution in [0.1, 0.15) is 29.7 Å². The second-order valence-electron chi connectivity index (χ2n) is 9.24. The van der Waals surface area contributed by atoms with Crippen LogP contribution in [0.3, 0.4) is 0 Å². The number of nitrogens with zero attached hydrogens (tertiary/aromatic N) is 3. The Balaban J connectivity index is 1.80. The molecular formula is C26H31N3O4. The molecule has 7 heteroatoms. The number of benzene rings is 2. The van der Waals surface area contributed by atoms with Crippen LogP contribution in [-0.4, -0.2) is 74.0 Å². The Bertz CT molecular complexity index is 1110. The summed E-state index contributed by atoms with van der Waals surface area (Å²) in [5, 5.41) is 11.3. The molecule has 4 rings (SSSR count). The van der Waals surface area contributed by atoms with Gasteiger partial charge in [0.2, 0.25) is 0 Å². The number of aliphatic hydroxyl groups excluding tert-OH is 1. The molecule has 2 aliphatic heterocycles. The summed E-state index contributed by atoms with van der Waals surface area (Å²) >= 11 is 0. The van der Waals surface area contributed by atoms with Crippen molar-refractivity contribution in [3.8, 4) is 5.75 Å². The summed E-state index contributed by atoms with van der Waals surface area (Å²) in [6.07, 6.45) is 0.812. The number of carbonyl (C=O) groups excluding carboxylic acids is 2. The van der Waals surface area contributed by atoms with Gasteiger partial charge in [0.05, 0.1) is 11.6 Å². The average molecular weight is 450 g/mol. The maximum absolute atomic E-state index is 13.2. The van der Waals surface area contributed by atoms with Crippen LogP contribution in [0.2, 0.25) is 0 Å². The minimum atomic E-state index is -0.655. The Morgan fingerprint density at radius 3 is 2.42 bits per heavy atom. The van der Waals surface area contributed by atoms with Crippen LogP contribution in [0.5, 0.6) is 5.75 Å². The topological polar surface area (TPSA) is 73.3 Å². The van der Waals surface area contributed by atoms with Crippen molar-refractivity contribution in [2.75, 3.05) is 46.2 Å². The lowest BCUT2D eigenvalue weighted by atomic mass is 9.94. The van der Waals surface area contributed by atoms with Crippen LogP contribution in [0.25, 0.3) is 5.76 Å². The van der Waals surface area contributed by atoms with E-state index >= 15 is 0 Å². The van der Waals surface area contributed by atoms with Crippen molar-refractivity contribution in [1.82, 2.24) is 9.80 Å². The van der Waals surface area contributed by atoms with E-state index in [2.05, 4.69) is 0 Å². The molecular weight excluding hydrogens is 418 g/mol. The van der Waals surface area contributed by atoms with Crippen molar-refractivity contribution < 1.29 is 19.4 Å². The summed E-state index contributed by atoms with van der Waals surface area (Å²) in [7, 11) is 7.75. The molecule has 0 radical (unpaired) electrons. The zero-order chi connectivity index (χ0) is 23.9. The van der Waals surface area contributed by atoms with Crippen molar-refractivity contribution in [3.63, 3.8) is 0 Å². The lowest BCUT2D eigenvalue weighted by molar-refractivity contribution is -0.140. The number of anilines is 1. The number of amides is 1. The number of likely N-dealkylation sites (N-methyl/N-ethyl adjacent to an activating group) is 1. The van der Waals surface area contributed by atoms with Crippen LogP contribution in [0.15, 0.2) is 48.0 Å². The first-order valence-corrected chi connectivity index (χ1v) is 11.2. The fraction of sp³-hybridized carbons (Fsp3) is 0.385. The standard InChI is InChI=1S/C26H31N3O4/c1-16-14-19-15-18(8-11-21(19)33-16)24(30)22-23(17-6-9-20(10-7-17)28(4)5)29(13-12-27(2)3)26(32)25(22)31/h6-11,15-16,23,30H,12-14H2,1-5H3/t16-,23-/m0/s1. The molecule has 2 atom stereocenters. The largest absolute Gasteiger partial charge is 0.507 e. The fourth-order valence-corrected chi connectivity index (χ4v) is 4.44. The van der Waals surface area contributed by atoms with E-state index in [9.17, 15) is 14.7 Å². The zero-order valence-corrected chi connectivity index (χ0v) is 19.8. The number of likely N-dealkylation sites (tertiary alicyclic amines) is 1. The molecule has 0 aromatic heterocycles. The van der Waals surface area contributed by atoms with Gasteiger partial charge < -0.3 is 24.5 Å². The lowest BCUT2D eigenvalue weighted by Gasteiger charge is -2.27. The molecule has 174 valence electrons. The predicted octanol–water partition coefficient (Wildman–Crippen LogP) is 3.06. The van der Waals surface area contributed by atoms with Crippen molar-refractivity contribution in [1.29, 1.82) is 0 Å². The number of Topliss-reactive ketones (excluding diaryl/α,β-unsaturated/α-hetero) is 1. The maximum atomic E-state index is 13.2. The number of carbonyl (C=O) groups is 2. The molecule has 33 heavy (non-hydrogen) atoms. The molecule has 0 spiro atoms. The van der Waals surface area contributed by atoms with Gasteiger partial charge in [-0.15, -0.1) is 0 Å². The number of hydrogen-bond donors (Lipinski definition) is 1. The van der Waals surface area contributed by atoms with Gasteiger partial charge in [-0.1, -0.05) is 12.1 Å². The molecule has 2 aliphatic rings. The first-order chi connectivity index (χ1) is 15.7. The normalized spacial score (nSPS) is 21.5. The molecule has 0 aliphatic carbocycles. The van der Waals surface area contributed by atoms with E-state index in [0.717, 1.165) is 29.0 Å². The van der Waals surface area contributed by atoms with Crippen LogP contribution in [0, 0.1) is 0 Å². The molecule has 1 N–H and O–H groups in total. The second-order valence-corrected chi connectivity index (χ2v) is 9.24. The SMILES string of the molecule is C[C@H]1Cc2cc(C(O)=C3C(=O)C(=O)N(CCN(C)C)[C@H]3c3ccc(N(C)C)cc3)ccc2O1. The molecule has 0 unspecified atom stereocenters. The summed E-state index contributed by atoms with van der Waals surface area (Å²) in [6, 6.07) is 12.5. The van der Waals surface area contributed by atoms with E-state index in [1.54, 1.807) is 11.0 Å². The molecule has 2 aromatic carbocycles. The highest BCUT2D eigenvalue weighted by atomic mass is 16.5. The number of fused-ring (bicyclic) bond motifs is 1. The minimum absolute atomic E-state index is 0.0734. The lowest BCUT2D eigenvalue weighted by Crippen LogP contribution is -2.35. The number of rotatable bonds is 6. The van der Waals surface area contributed by atoms with Crippen molar-refractivity contribution in [2.45, 2.75) is 25.5 Å². The smallest absolute Gasteiger partial charge is 0.295 e. The van der Waals surface area contributed by atoms with Gasteiger partial charge in [-0.2, -0.15) is 0 Å². The van der Waals surface area contributed by atoms with E-state index in [1.165, 1.54) is 0 Å². The van der Waals surface area contributed by atoms with Gasteiger partial charge in [0.1, 0.15) is 17.6 Å². The van der Waals surface area contributed by atoms with Crippen LogP contribution >= 0.6 is 0 Å². The molecule has 1 fully saturated rings. The molecule has 0 bridgehead atoms. The summed E-state index contributed by atoms with van der Waals surface area (Å²) in [6.45, 7) is 2.98. The zero-order valence-electron chi connectivity index (χ0n) is 19.8. The van der Waals surface area contributed by atoms with Crippen LogP contribution in [0.4, 0.5) is 5.69 Å². The summed E-state index contributed by atoms with van der Waals surface area (Å²) in [4.78, 5) is 31.7. The summed E-state index contributed by atoms with van der Waals surface area (Å²) in [5.74, 6) is -0.595. The van der Waals surface area contributed by atoms with E-state index in [1.807, 2.05) is 81.3 Å². The highest BCUT2D eigenvalue weighted by molar-refractivity contribution is 6.46. The monoisotopic (exact) mass is 449 g/mol. The highest BCUT2D eigenvalue weighted by Crippen LogP contribution is 2.40. The third-order valence-corrected chi connectivity index (χ3v) is 6.22. The van der Waals surface area contributed by atoms with E-state index < -0.39 is 17.7 Å². The van der Waals surface area contributed by atoms with Crippen molar-refractivity contribution >= 4 is 23.1 Å².